The van der Waals surface area contributed by atoms with E-state index in [9.17, 15) is 0 Å². The van der Waals surface area contributed by atoms with E-state index in [4.69, 9.17) is 4.42 Å². The zero-order valence-electron chi connectivity index (χ0n) is 47.1. The molecule has 0 fully saturated rings. The van der Waals surface area contributed by atoms with Crippen molar-refractivity contribution in [2.24, 2.45) is 0 Å². The van der Waals surface area contributed by atoms with Gasteiger partial charge in [0.15, 0.2) is 0 Å². The Morgan fingerprint density at radius 2 is 0.827 bits per heavy atom. The average molecular weight is 985 g/mol. The molecule has 3 aliphatic rings. The Kier molecular flexibility index (Phi) is 11.0. The van der Waals surface area contributed by atoms with E-state index in [1.807, 2.05) is 0 Å². The average Bonchev–Trinajstić information content (AvgIpc) is 3.74. The molecule has 0 saturated heterocycles. The molecule has 0 unspecified atom stereocenters. The van der Waals surface area contributed by atoms with Crippen LogP contribution in [-0.2, 0) is 32.5 Å². The molecule has 0 atom stereocenters. The lowest BCUT2D eigenvalue weighted by Gasteiger charge is -2.45. The van der Waals surface area contributed by atoms with Gasteiger partial charge in [-0.05, 0) is 189 Å². The van der Waals surface area contributed by atoms with Gasteiger partial charge >= 0.3 is 0 Å². The third kappa shape index (κ3) is 7.80. The van der Waals surface area contributed by atoms with Gasteiger partial charge in [0.2, 0.25) is 0 Å². The Morgan fingerprint density at radius 1 is 0.347 bits per heavy atom. The van der Waals surface area contributed by atoms with Gasteiger partial charge in [-0.3, -0.25) is 0 Å². The van der Waals surface area contributed by atoms with Crippen molar-refractivity contribution in [1.82, 2.24) is 0 Å². The summed E-state index contributed by atoms with van der Waals surface area (Å²) in [6.45, 7) is 33.6. The molecular weight excluding hydrogens is 909 g/mol. The Labute approximate surface area is 447 Å². The van der Waals surface area contributed by atoms with Gasteiger partial charge in [0.1, 0.15) is 11.2 Å². The van der Waals surface area contributed by atoms with Gasteiger partial charge in [0.25, 0.3) is 0 Å². The maximum absolute atomic E-state index is 7.01. The zero-order chi connectivity index (χ0) is 52.8. The van der Waals surface area contributed by atoms with E-state index in [1.165, 1.54) is 90.8 Å². The molecule has 1 heterocycles. The van der Waals surface area contributed by atoms with Crippen LogP contribution in [-0.4, -0.2) is 0 Å². The minimum absolute atomic E-state index is 0.0291. The number of furan rings is 1. The van der Waals surface area contributed by atoms with Gasteiger partial charge in [0.05, 0.1) is 5.69 Å². The number of rotatable bonds is 7. The molecule has 3 heteroatoms. The summed E-state index contributed by atoms with van der Waals surface area (Å²) in [5.41, 5.74) is 24.7. The van der Waals surface area contributed by atoms with Crippen molar-refractivity contribution in [1.29, 1.82) is 0 Å². The number of para-hydroxylation sites is 1. The van der Waals surface area contributed by atoms with E-state index < -0.39 is 0 Å². The van der Waals surface area contributed by atoms with Crippen molar-refractivity contribution in [3.05, 3.63) is 213 Å². The van der Waals surface area contributed by atoms with Crippen LogP contribution >= 0.6 is 0 Å². The van der Waals surface area contributed by atoms with Crippen molar-refractivity contribution in [2.75, 3.05) is 9.80 Å². The second kappa shape index (κ2) is 16.8. The maximum atomic E-state index is 7.01. The summed E-state index contributed by atoms with van der Waals surface area (Å²) in [6, 6.07) is 60.3. The monoisotopic (exact) mass is 985 g/mol. The van der Waals surface area contributed by atoms with Crippen LogP contribution < -0.4 is 9.80 Å². The lowest BCUT2D eigenvalue weighted by atomic mass is 9.60. The molecule has 0 amide bonds. The Bertz CT molecular complexity index is 3760. The topological polar surface area (TPSA) is 19.6 Å². The fourth-order valence-corrected chi connectivity index (χ4v) is 13.9. The summed E-state index contributed by atoms with van der Waals surface area (Å²) < 4.78 is 7.01. The fourth-order valence-electron chi connectivity index (χ4n) is 13.9. The standard InChI is InChI=1S/C72H76N2O/c1-45-36-50(73(63-27-21-18-24-52(63)47-22-16-15-17-23-47)49-28-30-53-54-42-59-61(44-66(54)75-65(53)41-49)70(9,10)35-33-68(59,5)6)39-51(37-45)74(64-43-60-58(38-46(64)2)67(3,4)32-34-69(60,7)8)48-29-31-57-62(40-48)72(13,14)56-26-20-19-25-55(56)71(57,11)12/h15-31,36-44H,32-35H2,1-14H3. The predicted octanol–water partition coefficient (Wildman–Crippen LogP) is 20.5. The summed E-state index contributed by atoms with van der Waals surface area (Å²) in [4.78, 5) is 5.06. The van der Waals surface area contributed by atoms with Gasteiger partial charge in [-0.25, -0.2) is 0 Å². The maximum Gasteiger partial charge on any atom is 0.137 e. The predicted molar refractivity (Wildman–Crippen MR) is 319 cm³/mol. The number of aryl methyl sites for hydroxylation is 2. The molecule has 0 spiro atoms. The lowest BCUT2D eigenvalue weighted by Crippen LogP contribution is -2.36. The van der Waals surface area contributed by atoms with Crippen LogP contribution in [0.4, 0.5) is 34.1 Å². The van der Waals surface area contributed by atoms with Crippen molar-refractivity contribution >= 4 is 56.1 Å². The van der Waals surface area contributed by atoms with Crippen molar-refractivity contribution in [3.63, 3.8) is 0 Å². The molecular formula is C72H76N2O. The quantitative estimate of drug-likeness (QED) is 0.159. The molecule has 0 bridgehead atoms. The molecule has 75 heavy (non-hydrogen) atoms. The molecule has 0 aliphatic heterocycles. The summed E-state index contributed by atoms with van der Waals surface area (Å²) in [6.07, 6.45) is 4.65. The molecule has 0 N–H and O–H groups in total. The summed E-state index contributed by atoms with van der Waals surface area (Å²) >= 11 is 0. The number of fused-ring (bicyclic) bond motifs is 7. The Morgan fingerprint density at radius 3 is 1.47 bits per heavy atom. The summed E-state index contributed by atoms with van der Waals surface area (Å²) in [5, 5.41) is 2.34. The fraction of sp³-hybridized carbons (Fsp3) is 0.333. The molecule has 3 nitrogen and oxygen atoms in total. The number of anilines is 6. The smallest absolute Gasteiger partial charge is 0.137 e. The van der Waals surface area contributed by atoms with Crippen LogP contribution in [0.3, 0.4) is 0 Å². The molecule has 8 aromatic carbocycles. The van der Waals surface area contributed by atoms with E-state index in [-0.39, 0.29) is 32.5 Å². The van der Waals surface area contributed by atoms with Crippen LogP contribution in [0.2, 0.25) is 0 Å². The largest absolute Gasteiger partial charge is 0.456 e. The molecule has 380 valence electrons. The highest BCUT2D eigenvalue weighted by Gasteiger charge is 2.43. The van der Waals surface area contributed by atoms with Gasteiger partial charge in [0, 0.05) is 61.7 Å². The Hall–Kier alpha value is -6.84. The molecule has 1 aromatic heterocycles. The lowest BCUT2D eigenvalue weighted by molar-refractivity contribution is 0.332. The first-order valence-corrected chi connectivity index (χ1v) is 27.7. The first-order chi connectivity index (χ1) is 35.5. The third-order valence-corrected chi connectivity index (χ3v) is 18.8. The molecule has 0 saturated carbocycles. The van der Waals surface area contributed by atoms with Gasteiger partial charge in [-0.1, -0.05) is 168 Å². The summed E-state index contributed by atoms with van der Waals surface area (Å²) in [5.74, 6) is 0. The van der Waals surface area contributed by atoms with Crippen LogP contribution in [0, 0.1) is 13.8 Å². The van der Waals surface area contributed by atoms with E-state index in [1.54, 1.807) is 0 Å². The van der Waals surface area contributed by atoms with Crippen LogP contribution in [0.1, 0.15) is 164 Å². The van der Waals surface area contributed by atoms with E-state index in [2.05, 4.69) is 264 Å². The van der Waals surface area contributed by atoms with Crippen LogP contribution in [0.15, 0.2) is 162 Å². The van der Waals surface area contributed by atoms with Gasteiger partial charge in [-0.15, -0.1) is 0 Å². The SMILES string of the molecule is Cc1cc(N(c2ccc3c(c2)C(C)(C)c2ccccc2C3(C)C)c2cc3c(cc2C)C(C)(C)CCC3(C)C)cc(N(c2ccc3c(c2)oc2cc4c(cc23)C(C)(C)CCC4(C)C)c2ccccc2-c2ccccc2)c1. The molecule has 3 aliphatic carbocycles. The molecule has 0 radical (unpaired) electrons. The Balaban J connectivity index is 1.10. The molecule has 9 aromatic rings. The second-order valence-electron chi connectivity index (χ2n) is 26.5. The van der Waals surface area contributed by atoms with Crippen molar-refractivity contribution < 1.29 is 4.42 Å². The third-order valence-electron chi connectivity index (χ3n) is 18.8. The first kappa shape index (κ1) is 49.1. The highest BCUT2D eigenvalue weighted by Crippen LogP contribution is 2.55. The van der Waals surface area contributed by atoms with Gasteiger partial charge in [-0.2, -0.15) is 0 Å². The van der Waals surface area contributed by atoms with Gasteiger partial charge < -0.3 is 14.2 Å². The highest BCUT2D eigenvalue weighted by molar-refractivity contribution is 6.07. The zero-order valence-corrected chi connectivity index (χ0v) is 47.1. The van der Waals surface area contributed by atoms with Crippen molar-refractivity contribution in [3.8, 4) is 11.1 Å². The van der Waals surface area contributed by atoms with E-state index >= 15 is 0 Å². The first-order valence-electron chi connectivity index (χ1n) is 27.7. The van der Waals surface area contributed by atoms with Crippen LogP contribution in [0.25, 0.3) is 33.1 Å². The minimum Gasteiger partial charge on any atom is -0.456 e. The minimum atomic E-state index is -0.212. The van der Waals surface area contributed by atoms with Crippen LogP contribution in [0.5, 0.6) is 0 Å². The number of hydrogen-bond donors (Lipinski definition) is 0. The van der Waals surface area contributed by atoms with E-state index in [0.717, 1.165) is 57.7 Å². The summed E-state index contributed by atoms with van der Waals surface area (Å²) in [7, 11) is 0. The number of nitrogens with zero attached hydrogens (tertiary/aromatic N) is 2. The van der Waals surface area contributed by atoms with Crippen molar-refractivity contribution in [2.45, 2.75) is 155 Å². The number of benzene rings is 8. The van der Waals surface area contributed by atoms with E-state index in [0.29, 0.717) is 0 Å². The number of hydrogen-bond acceptors (Lipinski definition) is 3. The normalized spacial score (nSPS) is 18.2. The highest BCUT2D eigenvalue weighted by atomic mass is 16.3. The molecule has 12 rings (SSSR count). The second-order valence-corrected chi connectivity index (χ2v) is 26.5.